The molecule has 3 N–H and O–H groups in total. The highest BCUT2D eigenvalue weighted by Gasteiger charge is 2.33. The van der Waals surface area contributed by atoms with Crippen LogP contribution in [0.3, 0.4) is 0 Å². The van der Waals surface area contributed by atoms with Crippen molar-refractivity contribution in [1.29, 1.82) is 0 Å². The van der Waals surface area contributed by atoms with Crippen molar-refractivity contribution in [2.75, 3.05) is 19.0 Å². The van der Waals surface area contributed by atoms with Gasteiger partial charge in [0.1, 0.15) is 0 Å². The summed E-state index contributed by atoms with van der Waals surface area (Å²) in [7, 11) is 0. The fourth-order valence-electron chi connectivity index (χ4n) is 1.89. The lowest BCUT2D eigenvalue weighted by Crippen LogP contribution is -2.53. The summed E-state index contributed by atoms with van der Waals surface area (Å²) >= 11 is 1.66. The highest BCUT2D eigenvalue weighted by molar-refractivity contribution is 7.99. The van der Waals surface area contributed by atoms with Crippen LogP contribution >= 0.6 is 11.8 Å². The van der Waals surface area contributed by atoms with Crippen molar-refractivity contribution in [1.82, 2.24) is 5.32 Å². The molecule has 1 unspecified atom stereocenters. The molecule has 0 aliphatic carbocycles. The van der Waals surface area contributed by atoms with E-state index in [1.807, 2.05) is 24.3 Å². The van der Waals surface area contributed by atoms with Crippen molar-refractivity contribution >= 4 is 17.7 Å². The topological polar surface area (TPSA) is 69.6 Å². The number of aliphatic hydroxyl groups excluding tert-OH is 2. The number of rotatable bonds is 4. The van der Waals surface area contributed by atoms with Gasteiger partial charge in [-0.05, 0) is 18.6 Å². The van der Waals surface area contributed by atoms with Gasteiger partial charge < -0.3 is 15.5 Å². The van der Waals surface area contributed by atoms with Crippen LogP contribution in [-0.4, -0.2) is 40.6 Å². The van der Waals surface area contributed by atoms with Crippen LogP contribution < -0.4 is 5.32 Å². The van der Waals surface area contributed by atoms with Gasteiger partial charge in [-0.15, -0.1) is 11.8 Å². The first-order valence-electron chi connectivity index (χ1n) is 5.85. The summed E-state index contributed by atoms with van der Waals surface area (Å²) < 4.78 is 0. The van der Waals surface area contributed by atoms with E-state index >= 15 is 0 Å². The first kappa shape index (κ1) is 13.4. The minimum atomic E-state index is -0.959. The Morgan fingerprint density at radius 3 is 2.78 bits per heavy atom. The maximum atomic E-state index is 12.2. The molecule has 2 rings (SSSR count). The normalized spacial score (nSPS) is 18.5. The molecule has 0 aromatic heterocycles. The Hall–Kier alpha value is -1.04. The third-order valence-electron chi connectivity index (χ3n) is 3.14. The van der Waals surface area contributed by atoms with E-state index < -0.39 is 5.54 Å². The zero-order chi connectivity index (χ0) is 13.2. The molecule has 1 amide bonds. The predicted octanol–water partition coefficient (Wildman–Crippen LogP) is 0.735. The predicted molar refractivity (Wildman–Crippen MR) is 70.6 cm³/mol. The van der Waals surface area contributed by atoms with Crippen molar-refractivity contribution in [2.24, 2.45) is 0 Å². The molecule has 1 aliphatic heterocycles. The molecule has 0 bridgehead atoms. The van der Waals surface area contributed by atoms with Gasteiger partial charge in [-0.3, -0.25) is 4.79 Å². The molecule has 0 fully saturated rings. The van der Waals surface area contributed by atoms with Gasteiger partial charge in [0.05, 0.1) is 24.7 Å². The lowest BCUT2D eigenvalue weighted by Gasteiger charge is -2.27. The lowest BCUT2D eigenvalue weighted by atomic mass is 9.98. The van der Waals surface area contributed by atoms with E-state index in [0.29, 0.717) is 5.75 Å². The average molecular weight is 267 g/mol. The Bertz CT molecular complexity index is 446. The molecule has 1 heterocycles. The SMILES string of the molecule is CC(CO)(CO)NC(=O)C1CSc2ccccc21. The van der Waals surface area contributed by atoms with Crippen LogP contribution in [0.1, 0.15) is 18.4 Å². The Labute approximate surface area is 110 Å². The van der Waals surface area contributed by atoms with Crippen molar-refractivity contribution in [3.05, 3.63) is 29.8 Å². The van der Waals surface area contributed by atoms with Crippen LogP contribution in [0.5, 0.6) is 0 Å². The standard InChI is InChI=1S/C13H17NO3S/c1-13(7-15,8-16)14-12(17)10-6-18-11-5-3-2-4-9(10)11/h2-5,10,15-16H,6-8H2,1H3,(H,14,17). The number of fused-ring (bicyclic) bond motifs is 1. The van der Waals surface area contributed by atoms with E-state index in [9.17, 15) is 15.0 Å². The molecular formula is C13H17NO3S. The number of carbonyl (C=O) groups excluding carboxylic acids is 1. The molecule has 0 saturated carbocycles. The van der Waals surface area contributed by atoms with Gasteiger partial charge in [0.25, 0.3) is 0 Å². The third-order valence-corrected chi connectivity index (χ3v) is 4.32. The zero-order valence-corrected chi connectivity index (χ0v) is 11.0. The van der Waals surface area contributed by atoms with Gasteiger partial charge in [-0.1, -0.05) is 18.2 Å². The molecule has 4 nitrogen and oxygen atoms in total. The molecule has 0 radical (unpaired) electrons. The van der Waals surface area contributed by atoms with Crippen LogP contribution in [0, 0.1) is 0 Å². The summed E-state index contributed by atoms with van der Waals surface area (Å²) in [6.07, 6.45) is 0. The molecule has 1 atom stereocenters. The first-order valence-corrected chi connectivity index (χ1v) is 6.84. The van der Waals surface area contributed by atoms with Crippen LogP contribution in [0.25, 0.3) is 0 Å². The number of carbonyl (C=O) groups is 1. The number of hydrogen-bond donors (Lipinski definition) is 3. The molecule has 18 heavy (non-hydrogen) atoms. The van der Waals surface area contributed by atoms with Gasteiger partial charge in [0.2, 0.25) is 5.91 Å². The van der Waals surface area contributed by atoms with Crippen LogP contribution in [0.2, 0.25) is 0 Å². The third kappa shape index (κ3) is 2.53. The maximum absolute atomic E-state index is 12.2. The first-order chi connectivity index (χ1) is 8.59. The Morgan fingerprint density at radius 2 is 2.11 bits per heavy atom. The highest BCUT2D eigenvalue weighted by Crippen LogP contribution is 2.39. The molecule has 98 valence electrons. The Kier molecular flexibility index (Phi) is 3.94. The van der Waals surface area contributed by atoms with Gasteiger partial charge in [-0.25, -0.2) is 0 Å². The molecule has 1 aromatic rings. The summed E-state index contributed by atoms with van der Waals surface area (Å²) in [6, 6.07) is 7.83. The molecule has 0 spiro atoms. The summed E-state index contributed by atoms with van der Waals surface area (Å²) in [5.41, 5.74) is 0.0671. The Morgan fingerprint density at radius 1 is 1.44 bits per heavy atom. The monoisotopic (exact) mass is 267 g/mol. The average Bonchev–Trinajstić information content (AvgIpc) is 2.82. The van der Waals surface area contributed by atoms with Crippen LogP contribution in [0.15, 0.2) is 29.2 Å². The summed E-state index contributed by atoms with van der Waals surface area (Å²) in [5.74, 6) is 0.361. The second-order valence-electron chi connectivity index (χ2n) is 4.77. The van der Waals surface area contributed by atoms with Gasteiger partial charge >= 0.3 is 0 Å². The maximum Gasteiger partial charge on any atom is 0.229 e. The van der Waals surface area contributed by atoms with Crippen LogP contribution in [0.4, 0.5) is 0 Å². The molecule has 0 saturated heterocycles. The van der Waals surface area contributed by atoms with Crippen molar-refractivity contribution < 1.29 is 15.0 Å². The molecule has 1 aromatic carbocycles. The van der Waals surface area contributed by atoms with E-state index in [0.717, 1.165) is 10.5 Å². The van der Waals surface area contributed by atoms with Gasteiger partial charge in [0.15, 0.2) is 0 Å². The summed E-state index contributed by atoms with van der Waals surface area (Å²) in [6.45, 7) is 1.06. The van der Waals surface area contributed by atoms with Crippen LogP contribution in [-0.2, 0) is 4.79 Å². The quantitative estimate of drug-likeness (QED) is 0.752. The molecular weight excluding hydrogens is 250 g/mol. The smallest absolute Gasteiger partial charge is 0.229 e. The van der Waals surface area contributed by atoms with Crippen molar-refractivity contribution in [3.63, 3.8) is 0 Å². The zero-order valence-electron chi connectivity index (χ0n) is 10.2. The fraction of sp³-hybridized carbons (Fsp3) is 0.462. The van der Waals surface area contributed by atoms with E-state index in [4.69, 9.17) is 0 Å². The van der Waals surface area contributed by atoms with Crippen molar-refractivity contribution in [2.45, 2.75) is 23.3 Å². The minimum absolute atomic E-state index is 0.141. The highest BCUT2D eigenvalue weighted by atomic mass is 32.2. The van der Waals surface area contributed by atoms with Crippen molar-refractivity contribution in [3.8, 4) is 0 Å². The number of aliphatic hydroxyl groups is 2. The minimum Gasteiger partial charge on any atom is -0.394 e. The molecule has 1 aliphatic rings. The second-order valence-corrected chi connectivity index (χ2v) is 5.83. The van der Waals surface area contributed by atoms with E-state index in [1.165, 1.54) is 0 Å². The molecule has 5 heteroatoms. The number of benzene rings is 1. The Balaban J connectivity index is 2.12. The van der Waals surface area contributed by atoms with Gasteiger partial charge in [0, 0.05) is 10.6 Å². The number of hydrogen-bond acceptors (Lipinski definition) is 4. The number of nitrogens with one attached hydrogen (secondary N) is 1. The largest absolute Gasteiger partial charge is 0.394 e. The fourth-order valence-corrected chi connectivity index (χ4v) is 3.12. The summed E-state index contributed by atoms with van der Waals surface area (Å²) in [5, 5.41) is 21.1. The lowest BCUT2D eigenvalue weighted by molar-refractivity contribution is -0.125. The summed E-state index contributed by atoms with van der Waals surface area (Å²) in [4.78, 5) is 13.3. The number of amides is 1. The van der Waals surface area contributed by atoms with E-state index in [-0.39, 0.29) is 25.0 Å². The van der Waals surface area contributed by atoms with E-state index in [1.54, 1.807) is 18.7 Å². The van der Waals surface area contributed by atoms with E-state index in [2.05, 4.69) is 5.32 Å². The number of thioether (sulfide) groups is 1. The van der Waals surface area contributed by atoms with Gasteiger partial charge in [-0.2, -0.15) is 0 Å². The second kappa shape index (κ2) is 5.30.